The molecule has 1 N–H and O–H groups in total. The first-order valence-corrected chi connectivity index (χ1v) is 8.36. The summed E-state index contributed by atoms with van der Waals surface area (Å²) in [6.45, 7) is 0.352. The molecular formula is C16H14FN3O2S. The lowest BCUT2D eigenvalue weighted by molar-refractivity contribution is 0.601. The molecule has 0 unspecified atom stereocenters. The number of benzene rings is 2. The van der Waals surface area contributed by atoms with Crippen molar-refractivity contribution in [2.75, 3.05) is 4.72 Å². The van der Waals surface area contributed by atoms with Gasteiger partial charge in [0.25, 0.3) is 10.0 Å². The molecule has 0 aliphatic heterocycles. The minimum absolute atomic E-state index is 0.179. The van der Waals surface area contributed by atoms with Gasteiger partial charge in [0.2, 0.25) is 0 Å². The number of aromatic nitrogens is 2. The maximum atomic E-state index is 13.2. The van der Waals surface area contributed by atoms with Crippen LogP contribution in [0.15, 0.2) is 71.9 Å². The maximum absolute atomic E-state index is 13.2. The Kier molecular flexibility index (Phi) is 4.12. The van der Waals surface area contributed by atoms with Gasteiger partial charge in [-0.15, -0.1) is 0 Å². The summed E-state index contributed by atoms with van der Waals surface area (Å²) in [4.78, 5) is 0.179. The van der Waals surface area contributed by atoms with Crippen molar-refractivity contribution in [3.05, 3.63) is 78.4 Å². The minimum Gasteiger partial charge on any atom is -0.276 e. The molecule has 0 amide bonds. The predicted molar refractivity (Wildman–Crippen MR) is 85.0 cm³/mol. The van der Waals surface area contributed by atoms with E-state index in [2.05, 4.69) is 9.82 Å². The van der Waals surface area contributed by atoms with E-state index in [0.29, 0.717) is 12.2 Å². The number of sulfonamides is 1. The molecule has 0 saturated heterocycles. The average molecular weight is 331 g/mol. The highest BCUT2D eigenvalue weighted by Gasteiger charge is 2.14. The normalized spacial score (nSPS) is 11.3. The molecule has 3 aromatic rings. The summed E-state index contributed by atoms with van der Waals surface area (Å²) < 4.78 is 41.6. The summed E-state index contributed by atoms with van der Waals surface area (Å²) in [6, 6.07) is 14.3. The second-order valence-electron chi connectivity index (χ2n) is 4.98. The van der Waals surface area contributed by atoms with Gasteiger partial charge in [-0.25, -0.2) is 12.8 Å². The number of hydrogen-bond acceptors (Lipinski definition) is 3. The van der Waals surface area contributed by atoms with E-state index in [4.69, 9.17) is 0 Å². The van der Waals surface area contributed by atoms with E-state index in [-0.39, 0.29) is 10.7 Å². The molecule has 118 valence electrons. The van der Waals surface area contributed by atoms with E-state index < -0.39 is 10.0 Å². The minimum atomic E-state index is -3.64. The average Bonchev–Trinajstić information content (AvgIpc) is 2.94. The Morgan fingerprint density at radius 1 is 1.09 bits per heavy atom. The topological polar surface area (TPSA) is 64.0 Å². The van der Waals surface area contributed by atoms with Gasteiger partial charge in [-0.3, -0.25) is 9.40 Å². The summed E-state index contributed by atoms with van der Waals surface area (Å²) >= 11 is 0. The van der Waals surface area contributed by atoms with Gasteiger partial charge in [-0.2, -0.15) is 5.10 Å². The lowest BCUT2D eigenvalue weighted by Gasteiger charge is -2.05. The van der Waals surface area contributed by atoms with Crippen LogP contribution >= 0.6 is 0 Å². The third kappa shape index (κ3) is 3.75. The van der Waals surface area contributed by atoms with Gasteiger partial charge in [0.15, 0.2) is 0 Å². The lowest BCUT2D eigenvalue weighted by atomic mass is 10.2. The van der Waals surface area contributed by atoms with Crippen molar-refractivity contribution in [1.29, 1.82) is 0 Å². The molecule has 1 aromatic heterocycles. The summed E-state index contributed by atoms with van der Waals surface area (Å²) in [5, 5.41) is 4.09. The summed E-state index contributed by atoms with van der Waals surface area (Å²) in [5.41, 5.74) is 1.09. The van der Waals surface area contributed by atoms with E-state index in [1.807, 2.05) is 0 Å². The molecule has 0 aliphatic rings. The Bertz CT molecular complexity index is 908. The standard InChI is InChI=1S/C16H14FN3O2S/c17-14-6-4-5-13(9-14)11-20-12-15(10-18-20)19-23(21,22)16-7-2-1-3-8-16/h1-10,12,19H,11H2. The molecule has 0 bridgehead atoms. The second kappa shape index (κ2) is 6.21. The Balaban J connectivity index is 1.75. The SMILES string of the molecule is O=S(=O)(Nc1cnn(Cc2cccc(F)c2)c1)c1ccccc1. The van der Waals surface area contributed by atoms with E-state index in [0.717, 1.165) is 5.56 Å². The highest BCUT2D eigenvalue weighted by Crippen LogP contribution is 2.15. The molecule has 5 nitrogen and oxygen atoms in total. The summed E-state index contributed by atoms with van der Waals surface area (Å²) in [7, 11) is -3.64. The molecule has 0 radical (unpaired) electrons. The first-order chi connectivity index (χ1) is 11.0. The molecule has 0 saturated carbocycles. The van der Waals surface area contributed by atoms with E-state index in [1.54, 1.807) is 36.5 Å². The number of halogens is 1. The number of nitrogens with one attached hydrogen (secondary N) is 1. The predicted octanol–water partition coefficient (Wildman–Crippen LogP) is 2.87. The van der Waals surface area contributed by atoms with Crippen LogP contribution in [0.5, 0.6) is 0 Å². The fourth-order valence-corrected chi connectivity index (χ4v) is 3.19. The van der Waals surface area contributed by atoms with Crippen molar-refractivity contribution in [3.8, 4) is 0 Å². The number of nitrogens with zero attached hydrogens (tertiary/aromatic N) is 2. The van der Waals surface area contributed by atoms with Crippen LogP contribution in [-0.2, 0) is 16.6 Å². The van der Waals surface area contributed by atoms with E-state index in [1.165, 1.54) is 35.1 Å². The fourth-order valence-electron chi connectivity index (χ4n) is 2.14. The zero-order chi connectivity index (χ0) is 16.3. The Morgan fingerprint density at radius 2 is 1.87 bits per heavy atom. The summed E-state index contributed by atoms with van der Waals surface area (Å²) in [5.74, 6) is -0.320. The molecule has 23 heavy (non-hydrogen) atoms. The second-order valence-corrected chi connectivity index (χ2v) is 6.66. The van der Waals surface area contributed by atoms with Crippen molar-refractivity contribution < 1.29 is 12.8 Å². The molecular weight excluding hydrogens is 317 g/mol. The monoisotopic (exact) mass is 331 g/mol. The van der Waals surface area contributed by atoms with Crippen LogP contribution in [-0.4, -0.2) is 18.2 Å². The summed E-state index contributed by atoms with van der Waals surface area (Å²) in [6.07, 6.45) is 2.98. The molecule has 7 heteroatoms. The largest absolute Gasteiger partial charge is 0.276 e. The van der Waals surface area contributed by atoms with Crippen LogP contribution in [0.25, 0.3) is 0 Å². The zero-order valence-corrected chi connectivity index (χ0v) is 12.9. The maximum Gasteiger partial charge on any atom is 0.261 e. The fraction of sp³-hybridized carbons (Fsp3) is 0.0625. The Labute approximate surface area is 133 Å². The van der Waals surface area contributed by atoms with Crippen molar-refractivity contribution >= 4 is 15.7 Å². The van der Waals surface area contributed by atoms with Crippen molar-refractivity contribution in [2.24, 2.45) is 0 Å². The molecule has 1 heterocycles. The molecule has 2 aromatic carbocycles. The number of anilines is 1. The van der Waals surface area contributed by atoms with Gasteiger partial charge in [0, 0.05) is 6.20 Å². The van der Waals surface area contributed by atoms with Gasteiger partial charge in [0.1, 0.15) is 5.82 Å². The molecule has 0 fully saturated rings. The van der Waals surface area contributed by atoms with Gasteiger partial charge in [0.05, 0.1) is 23.3 Å². The van der Waals surface area contributed by atoms with Gasteiger partial charge in [-0.05, 0) is 29.8 Å². The molecule has 3 rings (SSSR count). The van der Waals surface area contributed by atoms with Crippen LogP contribution in [0.3, 0.4) is 0 Å². The first-order valence-electron chi connectivity index (χ1n) is 6.88. The lowest BCUT2D eigenvalue weighted by Crippen LogP contribution is -2.12. The third-order valence-corrected chi connectivity index (χ3v) is 4.57. The smallest absolute Gasteiger partial charge is 0.261 e. The van der Waals surface area contributed by atoms with E-state index in [9.17, 15) is 12.8 Å². The molecule has 0 aliphatic carbocycles. The van der Waals surface area contributed by atoms with Crippen LogP contribution in [0.4, 0.5) is 10.1 Å². The van der Waals surface area contributed by atoms with Gasteiger partial charge < -0.3 is 0 Å². The highest BCUT2D eigenvalue weighted by molar-refractivity contribution is 7.92. The van der Waals surface area contributed by atoms with Gasteiger partial charge in [-0.1, -0.05) is 30.3 Å². The van der Waals surface area contributed by atoms with Gasteiger partial charge >= 0.3 is 0 Å². The quantitative estimate of drug-likeness (QED) is 0.782. The van der Waals surface area contributed by atoms with Crippen molar-refractivity contribution in [3.63, 3.8) is 0 Å². The third-order valence-electron chi connectivity index (χ3n) is 3.17. The number of hydrogen-bond donors (Lipinski definition) is 1. The van der Waals surface area contributed by atoms with Crippen LogP contribution < -0.4 is 4.72 Å². The Hall–Kier alpha value is -2.67. The highest BCUT2D eigenvalue weighted by atomic mass is 32.2. The van der Waals surface area contributed by atoms with Crippen LogP contribution in [0, 0.1) is 5.82 Å². The van der Waals surface area contributed by atoms with Crippen LogP contribution in [0.1, 0.15) is 5.56 Å². The van der Waals surface area contributed by atoms with E-state index >= 15 is 0 Å². The molecule has 0 spiro atoms. The Morgan fingerprint density at radius 3 is 2.61 bits per heavy atom. The number of rotatable bonds is 5. The first kappa shape index (κ1) is 15.2. The van der Waals surface area contributed by atoms with Crippen LogP contribution in [0.2, 0.25) is 0 Å². The molecule has 0 atom stereocenters. The zero-order valence-electron chi connectivity index (χ0n) is 12.1. The van der Waals surface area contributed by atoms with Crippen molar-refractivity contribution in [1.82, 2.24) is 9.78 Å². The van der Waals surface area contributed by atoms with Crippen molar-refractivity contribution in [2.45, 2.75) is 11.4 Å².